The van der Waals surface area contributed by atoms with Gasteiger partial charge in [0.15, 0.2) is 0 Å². The summed E-state index contributed by atoms with van der Waals surface area (Å²) in [7, 11) is 0. The van der Waals surface area contributed by atoms with E-state index in [0.29, 0.717) is 12.6 Å². The third-order valence-corrected chi connectivity index (χ3v) is 2.00. The Morgan fingerprint density at radius 3 is 2.93 bits per heavy atom. The average molecular weight is 193 g/mol. The molecule has 1 fully saturated rings. The molecule has 0 aromatic carbocycles. The molecular formula is C10H15N3O. The maximum absolute atomic E-state index is 11.3. The number of amides is 1. The molecular weight excluding hydrogens is 178 g/mol. The summed E-state index contributed by atoms with van der Waals surface area (Å²) in [5.41, 5.74) is 0. The van der Waals surface area contributed by atoms with Gasteiger partial charge in [-0.15, -0.1) is 6.58 Å². The number of hydrogen-bond acceptors (Lipinski definition) is 3. The summed E-state index contributed by atoms with van der Waals surface area (Å²) in [5, 5.41) is 14.5. The van der Waals surface area contributed by atoms with Gasteiger partial charge in [0.2, 0.25) is 5.91 Å². The zero-order valence-electron chi connectivity index (χ0n) is 8.12. The molecule has 0 aromatic rings. The van der Waals surface area contributed by atoms with E-state index in [4.69, 9.17) is 5.26 Å². The van der Waals surface area contributed by atoms with Crippen molar-refractivity contribution in [3.63, 3.8) is 0 Å². The fraction of sp³-hybridized carbons (Fsp3) is 0.600. The summed E-state index contributed by atoms with van der Waals surface area (Å²) < 4.78 is 0. The van der Waals surface area contributed by atoms with Gasteiger partial charge in [0.25, 0.3) is 0 Å². The number of hydrogen-bond donors (Lipinski definition) is 2. The highest BCUT2D eigenvalue weighted by atomic mass is 16.1. The summed E-state index contributed by atoms with van der Waals surface area (Å²) in [6.07, 6.45) is 4.04. The molecule has 1 rings (SSSR count). The fourth-order valence-corrected chi connectivity index (χ4v) is 1.09. The molecule has 14 heavy (non-hydrogen) atoms. The molecule has 0 bridgehead atoms. The Kier molecular flexibility index (Phi) is 4.14. The molecule has 2 N–H and O–H groups in total. The third-order valence-electron chi connectivity index (χ3n) is 2.00. The zero-order valence-corrected chi connectivity index (χ0v) is 8.12. The second-order valence-electron chi connectivity index (χ2n) is 3.42. The van der Waals surface area contributed by atoms with Crippen molar-refractivity contribution in [3.8, 4) is 6.07 Å². The summed E-state index contributed by atoms with van der Waals surface area (Å²) in [4.78, 5) is 11.3. The van der Waals surface area contributed by atoms with E-state index >= 15 is 0 Å². The number of carbonyl (C=O) groups excluding carboxylic acids is 1. The summed E-state index contributed by atoms with van der Waals surface area (Å²) in [5.74, 6) is -0.0457. The molecule has 0 saturated heterocycles. The highest BCUT2D eigenvalue weighted by Gasteiger charge is 2.24. The van der Waals surface area contributed by atoms with Gasteiger partial charge in [0.05, 0.1) is 12.5 Å². The van der Waals surface area contributed by atoms with E-state index in [0.717, 1.165) is 12.8 Å². The SMILES string of the molecule is C=CCNC(C#N)CC(=O)NC1CC1. The highest BCUT2D eigenvalue weighted by Crippen LogP contribution is 2.18. The lowest BCUT2D eigenvalue weighted by molar-refractivity contribution is -0.121. The van der Waals surface area contributed by atoms with Crippen LogP contribution in [0.25, 0.3) is 0 Å². The van der Waals surface area contributed by atoms with Crippen LogP contribution in [0.15, 0.2) is 12.7 Å². The van der Waals surface area contributed by atoms with Crippen molar-refractivity contribution in [2.75, 3.05) is 6.54 Å². The second kappa shape index (κ2) is 5.40. The number of nitrogens with one attached hydrogen (secondary N) is 2. The minimum atomic E-state index is -0.410. The molecule has 0 aliphatic heterocycles. The minimum Gasteiger partial charge on any atom is -0.353 e. The van der Waals surface area contributed by atoms with Gasteiger partial charge in [-0.05, 0) is 12.8 Å². The van der Waals surface area contributed by atoms with Crippen molar-refractivity contribution in [2.24, 2.45) is 0 Å². The monoisotopic (exact) mass is 193 g/mol. The van der Waals surface area contributed by atoms with Crippen LogP contribution in [0, 0.1) is 11.3 Å². The second-order valence-corrected chi connectivity index (χ2v) is 3.42. The largest absolute Gasteiger partial charge is 0.353 e. The van der Waals surface area contributed by atoms with Crippen LogP contribution in [0.4, 0.5) is 0 Å². The Morgan fingerprint density at radius 1 is 1.71 bits per heavy atom. The molecule has 0 heterocycles. The summed E-state index contributed by atoms with van der Waals surface area (Å²) >= 11 is 0. The predicted molar refractivity (Wildman–Crippen MR) is 53.4 cm³/mol. The van der Waals surface area contributed by atoms with Crippen molar-refractivity contribution >= 4 is 5.91 Å². The van der Waals surface area contributed by atoms with E-state index in [-0.39, 0.29) is 12.3 Å². The normalized spacial score (nSPS) is 16.8. The Balaban J connectivity index is 2.20. The number of rotatable bonds is 6. The topological polar surface area (TPSA) is 64.9 Å². The Bertz CT molecular complexity index is 253. The van der Waals surface area contributed by atoms with Gasteiger partial charge in [-0.3, -0.25) is 10.1 Å². The molecule has 1 aliphatic carbocycles. The number of nitrogens with zero attached hydrogens (tertiary/aromatic N) is 1. The van der Waals surface area contributed by atoms with Gasteiger partial charge in [-0.1, -0.05) is 6.08 Å². The van der Waals surface area contributed by atoms with Crippen molar-refractivity contribution in [2.45, 2.75) is 31.3 Å². The summed E-state index contributed by atoms with van der Waals surface area (Å²) in [6, 6.07) is 1.99. The lowest BCUT2D eigenvalue weighted by Gasteiger charge is -2.09. The number of carbonyl (C=O) groups is 1. The first kappa shape index (κ1) is 10.7. The van der Waals surface area contributed by atoms with Gasteiger partial charge in [0.1, 0.15) is 6.04 Å². The fourth-order valence-electron chi connectivity index (χ4n) is 1.09. The first-order valence-electron chi connectivity index (χ1n) is 4.79. The third kappa shape index (κ3) is 4.06. The van der Waals surface area contributed by atoms with E-state index in [2.05, 4.69) is 17.2 Å². The van der Waals surface area contributed by atoms with Crippen LogP contribution in [-0.4, -0.2) is 24.5 Å². The van der Waals surface area contributed by atoms with Crippen molar-refractivity contribution < 1.29 is 4.79 Å². The molecule has 0 aromatic heterocycles. The van der Waals surface area contributed by atoms with Crippen LogP contribution in [0.1, 0.15) is 19.3 Å². The van der Waals surface area contributed by atoms with Gasteiger partial charge in [-0.25, -0.2) is 0 Å². The van der Waals surface area contributed by atoms with Gasteiger partial charge >= 0.3 is 0 Å². The smallest absolute Gasteiger partial charge is 0.222 e. The predicted octanol–water partition coefficient (Wildman–Crippen LogP) is 0.323. The van der Waals surface area contributed by atoms with Gasteiger partial charge < -0.3 is 5.32 Å². The zero-order chi connectivity index (χ0) is 10.4. The first-order chi connectivity index (χ1) is 6.76. The molecule has 0 spiro atoms. The maximum atomic E-state index is 11.3. The number of nitriles is 1. The quantitative estimate of drug-likeness (QED) is 0.597. The molecule has 1 unspecified atom stereocenters. The van der Waals surface area contributed by atoms with Crippen molar-refractivity contribution in [1.82, 2.24) is 10.6 Å². The molecule has 1 saturated carbocycles. The van der Waals surface area contributed by atoms with Crippen molar-refractivity contribution in [1.29, 1.82) is 5.26 Å². The van der Waals surface area contributed by atoms with Gasteiger partial charge in [0, 0.05) is 12.6 Å². The van der Waals surface area contributed by atoms with E-state index in [1.165, 1.54) is 0 Å². The van der Waals surface area contributed by atoms with Crippen LogP contribution in [0.2, 0.25) is 0 Å². The van der Waals surface area contributed by atoms with Gasteiger partial charge in [-0.2, -0.15) is 5.26 Å². The molecule has 4 nitrogen and oxygen atoms in total. The van der Waals surface area contributed by atoms with Crippen LogP contribution in [0.5, 0.6) is 0 Å². The average Bonchev–Trinajstić information content (AvgIpc) is 2.95. The maximum Gasteiger partial charge on any atom is 0.222 e. The first-order valence-corrected chi connectivity index (χ1v) is 4.79. The van der Waals surface area contributed by atoms with Crippen LogP contribution < -0.4 is 10.6 Å². The lowest BCUT2D eigenvalue weighted by Crippen LogP contribution is -2.35. The molecule has 1 aliphatic rings. The molecule has 1 amide bonds. The minimum absolute atomic E-state index is 0.0457. The summed E-state index contributed by atoms with van der Waals surface area (Å²) in [6.45, 7) is 4.08. The van der Waals surface area contributed by atoms with E-state index in [9.17, 15) is 4.79 Å². The molecule has 1 atom stereocenters. The Hall–Kier alpha value is -1.34. The molecule has 4 heteroatoms. The van der Waals surface area contributed by atoms with Crippen LogP contribution in [-0.2, 0) is 4.79 Å². The highest BCUT2D eigenvalue weighted by molar-refractivity contribution is 5.77. The van der Waals surface area contributed by atoms with Crippen molar-refractivity contribution in [3.05, 3.63) is 12.7 Å². The van der Waals surface area contributed by atoms with Crippen LogP contribution >= 0.6 is 0 Å². The Morgan fingerprint density at radius 2 is 2.43 bits per heavy atom. The van der Waals surface area contributed by atoms with Crippen LogP contribution in [0.3, 0.4) is 0 Å². The standard InChI is InChI=1S/C10H15N3O/c1-2-5-12-9(7-11)6-10(14)13-8-3-4-8/h2,8-9,12H,1,3-6H2,(H,13,14). The molecule has 76 valence electrons. The molecule has 0 radical (unpaired) electrons. The van der Waals surface area contributed by atoms with E-state index in [1.54, 1.807) is 6.08 Å². The van der Waals surface area contributed by atoms with E-state index in [1.807, 2.05) is 6.07 Å². The van der Waals surface area contributed by atoms with E-state index < -0.39 is 6.04 Å². The lowest BCUT2D eigenvalue weighted by atomic mass is 10.2. The Labute approximate surface area is 84.0 Å².